The minimum Gasteiger partial charge on any atom is -0.383 e. The molecule has 6 heteroatoms. The molecule has 0 amide bonds. The van der Waals surface area contributed by atoms with Gasteiger partial charge < -0.3 is 10.5 Å². The van der Waals surface area contributed by atoms with Gasteiger partial charge in [-0.05, 0) is 30.2 Å². The van der Waals surface area contributed by atoms with Crippen molar-refractivity contribution >= 4 is 10.0 Å². The van der Waals surface area contributed by atoms with Gasteiger partial charge >= 0.3 is 0 Å². The van der Waals surface area contributed by atoms with Gasteiger partial charge in [-0.3, -0.25) is 0 Å². The number of nitrogens with two attached hydrogens (primary N) is 1. The fraction of sp³-hybridized carbons (Fsp3) is 0.467. The number of sulfonamides is 1. The van der Waals surface area contributed by atoms with Gasteiger partial charge in [0, 0.05) is 18.7 Å². The van der Waals surface area contributed by atoms with Gasteiger partial charge in [0.15, 0.2) is 0 Å². The molecule has 116 valence electrons. The monoisotopic (exact) mass is 310 g/mol. The second kappa shape index (κ2) is 8.15. The van der Waals surface area contributed by atoms with Gasteiger partial charge in [-0.25, -0.2) is 13.1 Å². The van der Waals surface area contributed by atoms with Gasteiger partial charge in [-0.2, -0.15) is 0 Å². The summed E-state index contributed by atoms with van der Waals surface area (Å²) < 4.78 is 32.4. The molecular weight excluding hydrogens is 288 g/mol. The molecule has 0 spiro atoms. The summed E-state index contributed by atoms with van der Waals surface area (Å²) in [4.78, 5) is 0.211. The van der Waals surface area contributed by atoms with Crippen molar-refractivity contribution in [2.75, 3.05) is 20.3 Å². The molecule has 0 fully saturated rings. The summed E-state index contributed by atoms with van der Waals surface area (Å²) >= 11 is 0. The van der Waals surface area contributed by atoms with Crippen LogP contribution in [0.25, 0.3) is 0 Å². The van der Waals surface area contributed by atoms with Crippen LogP contribution in [-0.2, 0) is 14.8 Å². The van der Waals surface area contributed by atoms with Crippen molar-refractivity contribution < 1.29 is 13.2 Å². The van der Waals surface area contributed by atoms with Crippen molar-refractivity contribution in [1.82, 2.24) is 4.72 Å². The van der Waals surface area contributed by atoms with Gasteiger partial charge in [0.05, 0.1) is 18.0 Å². The van der Waals surface area contributed by atoms with Crippen LogP contribution in [0.5, 0.6) is 0 Å². The summed E-state index contributed by atoms with van der Waals surface area (Å²) in [6.45, 7) is 4.49. The van der Waals surface area contributed by atoms with Crippen LogP contribution < -0.4 is 10.5 Å². The molecule has 21 heavy (non-hydrogen) atoms. The van der Waals surface area contributed by atoms with E-state index >= 15 is 0 Å². The highest BCUT2D eigenvalue weighted by Crippen LogP contribution is 2.13. The van der Waals surface area contributed by atoms with Gasteiger partial charge in [0.25, 0.3) is 0 Å². The van der Waals surface area contributed by atoms with E-state index in [1.165, 1.54) is 12.1 Å². The fourth-order valence-electron chi connectivity index (χ4n) is 1.68. The van der Waals surface area contributed by atoms with Gasteiger partial charge in [0.1, 0.15) is 0 Å². The van der Waals surface area contributed by atoms with Crippen LogP contribution in [0.2, 0.25) is 0 Å². The third kappa shape index (κ3) is 5.48. The number of benzene rings is 1. The molecule has 0 saturated heterocycles. The van der Waals surface area contributed by atoms with E-state index in [-0.39, 0.29) is 23.4 Å². The lowest BCUT2D eigenvalue weighted by atomic mass is 10.1. The Labute approximate surface area is 126 Å². The lowest BCUT2D eigenvalue weighted by Crippen LogP contribution is -2.41. The largest absolute Gasteiger partial charge is 0.383 e. The number of ether oxygens (including phenoxy) is 1. The van der Waals surface area contributed by atoms with E-state index in [9.17, 15) is 8.42 Å². The minimum atomic E-state index is -3.57. The average Bonchev–Trinajstić information content (AvgIpc) is 2.45. The van der Waals surface area contributed by atoms with Gasteiger partial charge in [0.2, 0.25) is 10.0 Å². The minimum absolute atomic E-state index is 0.134. The van der Waals surface area contributed by atoms with E-state index in [1.54, 1.807) is 19.2 Å². The molecule has 0 aliphatic carbocycles. The van der Waals surface area contributed by atoms with Crippen LogP contribution in [-0.4, -0.2) is 34.7 Å². The van der Waals surface area contributed by atoms with E-state index in [0.29, 0.717) is 6.61 Å². The maximum atomic E-state index is 12.3. The highest BCUT2D eigenvalue weighted by molar-refractivity contribution is 7.89. The van der Waals surface area contributed by atoms with Crippen molar-refractivity contribution in [3.63, 3.8) is 0 Å². The Bertz CT molecular complexity index is 598. The zero-order chi connectivity index (χ0) is 15.9. The molecule has 1 atom stereocenters. The second-order valence-corrected chi connectivity index (χ2v) is 6.67. The topological polar surface area (TPSA) is 81.4 Å². The SMILES string of the molecule is COCC(NS(=O)(=O)c1ccc(C#CCN)cc1)C(C)C. The Balaban J connectivity index is 2.91. The maximum Gasteiger partial charge on any atom is 0.240 e. The van der Waals surface area contributed by atoms with E-state index in [0.717, 1.165) is 5.56 Å². The number of rotatable bonds is 6. The highest BCUT2D eigenvalue weighted by Gasteiger charge is 2.22. The molecular formula is C15H22N2O3S. The lowest BCUT2D eigenvalue weighted by molar-refractivity contribution is 0.157. The Morgan fingerprint density at radius 1 is 1.29 bits per heavy atom. The second-order valence-electron chi connectivity index (χ2n) is 4.96. The normalized spacial score (nSPS) is 12.8. The summed E-state index contributed by atoms with van der Waals surface area (Å²) in [5, 5.41) is 0. The summed E-state index contributed by atoms with van der Waals surface area (Å²) in [5.74, 6) is 5.71. The molecule has 1 aromatic carbocycles. The molecule has 1 unspecified atom stereocenters. The number of methoxy groups -OCH3 is 1. The molecule has 3 N–H and O–H groups in total. The zero-order valence-corrected chi connectivity index (χ0v) is 13.4. The lowest BCUT2D eigenvalue weighted by Gasteiger charge is -2.21. The van der Waals surface area contributed by atoms with Crippen molar-refractivity contribution in [1.29, 1.82) is 0 Å². The van der Waals surface area contributed by atoms with E-state index in [2.05, 4.69) is 16.6 Å². The third-order valence-electron chi connectivity index (χ3n) is 2.96. The Morgan fingerprint density at radius 2 is 1.90 bits per heavy atom. The van der Waals surface area contributed by atoms with E-state index in [1.807, 2.05) is 13.8 Å². The molecule has 0 aliphatic rings. The van der Waals surface area contributed by atoms with Crippen LogP contribution in [0, 0.1) is 17.8 Å². The molecule has 0 saturated carbocycles. The first kappa shape index (κ1) is 17.7. The molecule has 5 nitrogen and oxygen atoms in total. The van der Waals surface area contributed by atoms with Crippen LogP contribution in [0.1, 0.15) is 19.4 Å². The number of nitrogens with one attached hydrogen (secondary N) is 1. The fourth-order valence-corrected chi connectivity index (χ4v) is 3.05. The summed E-state index contributed by atoms with van der Waals surface area (Å²) in [6.07, 6.45) is 0. The van der Waals surface area contributed by atoms with Crippen molar-refractivity contribution in [2.24, 2.45) is 11.7 Å². The molecule has 0 bridgehead atoms. The first-order chi connectivity index (χ1) is 9.90. The molecule has 1 rings (SSSR count). The van der Waals surface area contributed by atoms with Crippen LogP contribution in [0.15, 0.2) is 29.2 Å². The van der Waals surface area contributed by atoms with E-state index in [4.69, 9.17) is 10.5 Å². The summed E-state index contributed by atoms with van der Waals surface area (Å²) in [6, 6.07) is 6.13. The van der Waals surface area contributed by atoms with Crippen molar-refractivity contribution in [3.8, 4) is 11.8 Å². The van der Waals surface area contributed by atoms with Crippen LogP contribution >= 0.6 is 0 Å². The van der Waals surface area contributed by atoms with Crippen LogP contribution in [0.4, 0.5) is 0 Å². The Morgan fingerprint density at radius 3 is 2.38 bits per heavy atom. The van der Waals surface area contributed by atoms with Crippen LogP contribution in [0.3, 0.4) is 0 Å². The predicted molar refractivity (Wildman–Crippen MR) is 83.2 cm³/mol. The summed E-state index contributed by atoms with van der Waals surface area (Å²) in [7, 11) is -2.02. The standard InChI is InChI=1S/C15H22N2O3S/c1-12(2)15(11-20-3)17-21(18,19)14-8-6-13(7-9-14)5-4-10-16/h6-9,12,15,17H,10-11,16H2,1-3H3. The molecule has 0 heterocycles. The maximum absolute atomic E-state index is 12.3. The Kier molecular flexibility index (Phi) is 6.85. The van der Waals surface area contributed by atoms with Crippen molar-refractivity contribution in [2.45, 2.75) is 24.8 Å². The molecule has 0 aliphatic heterocycles. The highest BCUT2D eigenvalue weighted by atomic mass is 32.2. The smallest absolute Gasteiger partial charge is 0.240 e. The summed E-state index contributed by atoms with van der Waals surface area (Å²) in [5.41, 5.74) is 6.03. The van der Waals surface area contributed by atoms with E-state index < -0.39 is 10.0 Å². The zero-order valence-electron chi connectivity index (χ0n) is 12.6. The number of hydrogen-bond donors (Lipinski definition) is 2. The molecule has 0 aromatic heterocycles. The first-order valence-corrected chi connectivity index (χ1v) is 8.19. The first-order valence-electron chi connectivity index (χ1n) is 6.71. The van der Waals surface area contributed by atoms with Gasteiger partial charge in [-0.15, -0.1) is 0 Å². The Hall–Kier alpha value is -1.39. The quantitative estimate of drug-likeness (QED) is 0.766. The number of hydrogen-bond acceptors (Lipinski definition) is 4. The van der Waals surface area contributed by atoms with Gasteiger partial charge in [-0.1, -0.05) is 25.7 Å². The predicted octanol–water partition coefficient (Wildman–Crippen LogP) is 0.946. The third-order valence-corrected chi connectivity index (χ3v) is 4.46. The molecule has 1 aromatic rings. The molecule has 0 radical (unpaired) electrons. The average molecular weight is 310 g/mol. The van der Waals surface area contributed by atoms with Crippen molar-refractivity contribution in [3.05, 3.63) is 29.8 Å².